The van der Waals surface area contributed by atoms with Crippen molar-refractivity contribution in [2.45, 2.75) is 31.7 Å². The van der Waals surface area contributed by atoms with Gasteiger partial charge in [0.15, 0.2) is 5.13 Å². The number of aromatic amines is 1. The Labute approximate surface area is 159 Å². The third-order valence-corrected chi connectivity index (χ3v) is 5.62. The van der Waals surface area contributed by atoms with E-state index in [-0.39, 0.29) is 18.0 Å². The van der Waals surface area contributed by atoms with Crippen molar-refractivity contribution in [2.75, 3.05) is 5.32 Å². The highest BCUT2D eigenvalue weighted by Crippen LogP contribution is 2.30. The average molecular weight is 385 g/mol. The molecule has 0 aromatic carbocycles. The number of rotatable bonds is 4. The second kappa shape index (κ2) is 7.36. The van der Waals surface area contributed by atoms with Crippen molar-refractivity contribution in [2.24, 2.45) is 5.92 Å². The molecule has 1 fully saturated rings. The molecule has 140 valence electrons. The van der Waals surface area contributed by atoms with Crippen molar-refractivity contribution in [3.05, 3.63) is 29.9 Å². The van der Waals surface area contributed by atoms with Crippen LogP contribution in [0.1, 0.15) is 25.7 Å². The first-order valence-corrected chi connectivity index (χ1v) is 9.66. The molecule has 3 heterocycles. The van der Waals surface area contributed by atoms with Gasteiger partial charge < -0.3 is 15.4 Å². The number of fused-ring (bicyclic) bond motifs is 1. The molecule has 4 rings (SSSR count). The Morgan fingerprint density at radius 3 is 2.85 bits per heavy atom. The van der Waals surface area contributed by atoms with Gasteiger partial charge in [-0.2, -0.15) is 0 Å². The fourth-order valence-electron chi connectivity index (χ4n) is 3.43. The number of anilines is 1. The van der Waals surface area contributed by atoms with E-state index in [0.29, 0.717) is 30.8 Å². The van der Waals surface area contributed by atoms with Crippen molar-refractivity contribution in [3.8, 4) is 11.3 Å². The Morgan fingerprint density at radius 1 is 1.26 bits per heavy atom. The zero-order chi connectivity index (χ0) is 18.8. The predicted octanol–water partition coefficient (Wildman–Crippen LogP) is 3.45. The number of nitrogens with one attached hydrogen (secondary N) is 3. The average Bonchev–Trinajstić information content (AvgIpc) is 3.28. The largest absolute Gasteiger partial charge is 0.481 e. The molecule has 8 nitrogen and oxygen atoms in total. The summed E-state index contributed by atoms with van der Waals surface area (Å²) < 4.78 is 0. The standard InChI is InChI=1S/C18H19N5O3S/c24-16(25)10-3-5-11(6-4-10)21-17(26)23-18-22-14(9-27-18)13-8-20-15-12(13)2-1-7-19-15/h1-2,7-11H,3-6H2,(H,19,20)(H,24,25)(H2,21,22,23,26). The third-order valence-electron chi connectivity index (χ3n) is 4.86. The first-order chi connectivity index (χ1) is 13.1. The molecule has 1 aliphatic carbocycles. The maximum Gasteiger partial charge on any atom is 0.321 e. The first kappa shape index (κ1) is 17.5. The molecular formula is C18H19N5O3S. The van der Waals surface area contributed by atoms with E-state index in [1.54, 1.807) is 6.20 Å². The fourth-order valence-corrected chi connectivity index (χ4v) is 4.13. The van der Waals surface area contributed by atoms with E-state index in [1.165, 1.54) is 11.3 Å². The number of carboxylic acids is 1. The summed E-state index contributed by atoms with van der Waals surface area (Å²) in [6.07, 6.45) is 6.13. The Kier molecular flexibility index (Phi) is 4.76. The van der Waals surface area contributed by atoms with Crippen molar-refractivity contribution < 1.29 is 14.7 Å². The highest BCUT2D eigenvalue weighted by atomic mass is 32.1. The number of urea groups is 1. The molecule has 0 radical (unpaired) electrons. The first-order valence-electron chi connectivity index (χ1n) is 8.78. The predicted molar refractivity (Wildman–Crippen MR) is 103 cm³/mol. The molecule has 2 amide bonds. The van der Waals surface area contributed by atoms with Gasteiger partial charge in [0, 0.05) is 34.8 Å². The Bertz CT molecular complexity index is 974. The Hall–Kier alpha value is -2.94. The summed E-state index contributed by atoms with van der Waals surface area (Å²) in [7, 11) is 0. The molecule has 0 aliphatic heterocycles. The molecule has 9 heteroatoms. The summed E-state index contributed by atoms with van der Waals surface area (Å²) in [5.74, 6) is -1.04. The third kappa shape index (κ3) is 3.77. The number of pyridine rings is 1. The van der Waals surface area contributed by atoms with Crippen LogP contribution in [0.3, 0.4) is 0 Å². The van der Waals surface area contributed by atoms with E-state index in [0.717, 1.165) is 22.3 Å². The van der Waals surface area contributed by atoms with Crippen molar-refractivity contribution in [1.82, 2.24) is 20.3 Å². The molecule has 0 spiro atoms. The molecule has 1 aliphatic rings. The minimum atomic E-state index is -0.749. The van der Waals surface area contributed by atoms with Crippen LogP contribution in [-0.4, -0.2) is 38.1 Å². The summed E-state index contributed by atoms with van der Waals surface area (Å²) in [5.41, 5.74) is 2.51. The van der Waals surface area contributed by atoms with Crippen molar-refractivity contribution in [1.29, 1.82) is 0 Å². The molecule has 0 atom stereocenters. The number of H-pyrrole nitrogens is 1. The van der Waals surface area contributed by atoms with Crippen molar-refractivity contribution >= 4 is 39.5 Å². The van der Waals surface area contributed by atoms with Gasteiger partial charge in [-0.05, 0) is 37.8 Å². The zero-order valence-corrected chi connectivity index (χ0v) is 15.3. The van der Waals surface area contributed by atoms with Gasteiger partial charge in [0.1, 0.15) is 5.65 Å². The topological polar surface area (TPSA) is 120 Å². The van der Waals surface area contributed by atoms with Gasteiger partial charge in [0.2, 0.25) is 0 Å². The smallest absolute Gasteiger partial charge is 0.321 e. The summed E-state index contributed by atoms with van der Waals surface area (Å²) in [4.78, 5) is 35.1. The monoisotopic (exact) mass is 385 g/mol. The van der Waals surface area contributed by atoms with Gasteiger partial charge >= 0.3 is 12.0 Å². The number of hydrogen-bond donors (Lipinski definition) is 4. The number of carbonyl (C=O) groups excluding carboxylic acids is 1. The van der Waals surface area contributed by atoms with E-state index in [4.69, 9.17) is 5.11 Å². The van der Waals surface area contributed by atoms with Crippen LogP contribution in [0.5, 0.6) is 0 Å². The molecule has 0 unspecified atom stereocenters. The number of aliphatic carboxylic acids is 1. The SMILES string of the molecule is O=C(Nc1nc(-c2c[nH]c3ncccc23)cs1)NC1CCC(C(=O)O)CC1. The van der Waals surface area contributed by atoms with Gasteiger partial charge in [0.05, 0.1) is 11.6 Å². The minimum Gasteiger partial charge on any atom is -0.481 e. The molecule has 27 heavy (non-hydrogen) atoms. The molecule has 0 bridgehead atoms. The number of carbonyl (C=O) groups is 2. The van der Waals surface area contributed by atoms with Crippen LogP contribution in [0.2, 0.25) is 0 Å². The maximum absolute atomic E-state index is 12.2. The maximum atomic E-state index is 12.2. The minimum absolute atomic E-state index is 0.000255. The lowest BCUT2D eigenvalue weighted by molar-refractivity contribution is -0.142. The van der Waals surface area contributed by atoms with Crippen LogP contribution < -0.4 is 10.6 Å². The number of amides is 2. The van der Waals surface area contributed by atoms with E-state index >= 15 is 0 Å². The Morgan fingerprint density at radius 2 is 2.07 bits per heavy atom. The number of aromatic nitrogens is 3. The molecule has 0 saturated heterocycles. The number of nitrogens with zero attached hydrogens (tertiary/aromatic N) is 2. The lowest BCUT2D eigenvalue weighted by Crippen LogP contribution is -2.40. The van der Waals surface area contributed by atoms with Crippen LogP contribution in [-0.2, 0) is 4.79 Å². The van der Waals surface area contributed by atoms with Crippen LogP contribution in [0.15, 0.2) is 29.9 Å². The highest BCUT2D eigenvalue weighted by molar-refractivity contribution is 7.14. The number of thiazole rings is 1. The van der Waals surface area contributed by atoms with Gasteiger partial charge in [-0.25, -0.2) is 14.8 Å². The van der Waals surface area contributed by atoms with Crippen LogP contribution in [0.4, 0.5) is 9.93 Å². The summed E-state index contributed by atoms with van der Waals surface area (Å²) in [5, 5.41) is 18.1. The summed E-state index contributed by atoms with van der Waals surface area (Å²) in [6.45, 7) is 0. The second-order valence-corrected chi connectivity index (χ2v) is 7.48. The second-order valence-electron chi connectivity index (χ2n) is 6.63. The van der Waals surface area contributed by atoms with Crippen LogP contribution in [0.25, 0.3) is 22.3 Å². The van der Waals surface area contributed by atoms with Gasteiger partial charge in [0.25, 0.3) is 0 Å². The van der Waals surface area contributed by atoms with Crippen LogP contribution in [0, 0.1) is 5.92 Å². The van der Waals surface area contributed by atoms with E-state index in [2.05, 4.69) is 25.6 Å². The number of carboxylic acid groups (broad SMARTS) is 1. The van der Waals surface area contributed by atoms with E-state index < -0.39 is 5.97 Å². The van der Waals surface area contributed by atoms with Gasteiger partial charge in [-0.3, -0.25) is 10.1 Å². The van der Waals surface area contributed by atoms with Gasteiger partial charge in [-0.15, -0.1) is 11.3 Å². The molecule has 4 N–H and O–H groups in total. The molecule has 1 saturated carbocycles. The quantitative estimate of drug-likeness (QED) is 0.548. The molecule has 3 aromatic heterocycles. The molecular weight excluding hydrogens is 366 g/mol. The molecule has 3 aromatic rings. The van der Waals surface area contributed by atoms with Crippen molar-refractivity contribution in [3.63, 3.8) is 0 Å². The lowest BCUT2D eigenvalue weighted by atomic mass is 9.86. The highest BCUT2D eigenvalue weighted by Gasteiger charge is 2.26. The van der Waals surface area contributed by atoms with Gasteiger partial charge in [-0.1, -0.05) is 0 Å². The lowest BCUT2D eigenvalue weighted by Gasteiger charge is -2.26. The van der Waals surface area contributed by atoms with E-state index in [1.807, 2.05) is 23.7 Å². The Balaban J connectivity index is 1.37. The normalized spacial score (nSPS) is 19.7. The van der Waals surface area contributed by atoms with Crippen LogP contribution >= 0.6 is 11.3 Å². The fraction of sp³-hybridized carbons (Fsp3) is 0.333. The summed E-state index contributed by atoms with van der Waals surface area (Å²) in [6, 6.07) is 3.54. The zero-order valence-electron chi connectivity index (χ0n) is 14.4. The summed E-state index contributed by atoms with van der Waals surface area (Å²) >= 11 is 1.36. The van der Waals surface area contributed by atoms with E-state index in [9.17, 15) is 9.59 Å². The number of hydrogen-bond acceptors (Lipinski definition) is 5.